The van der Waals surface area contributed by atoms with Gasteiger partial charge in [-0.3, -0.25) is 0 Å². The number of anilines is 1. The average molecular weight is 277 g/mol. The highest BCUT2D eigenvalue weighted by Gasteiger charge is 2.22. The Bertz CT molecular complexity index is 646. The largest absolute Gasteiger partial charge is 0.465 e. The fourth-order valence-electron chi connectivity index (χ4n) is 2.16. The third-order valence-electron chi connectivity index (χ3n) is 3.18. The van der Waals surface area contributed by atoms with E-state index >= 15 is 0 Å². The lowest BCUT2D eigenvalue weighted by atomic mass is 10.1. The second-order valence-electron chi connectivity index (χ2n) is 4.51. The molecule has 3 rings (SSSR count). The molecule has 106 valence electrons. The summed E-state index contributed by atoms with van der Waals surface area (Å²) in [5, 5.41) is 3.20. The first-order valence-corrected chi connectivity index (χ1v) is 6.29. The lowest BCUT2D eigenvalue weighted by Crippen LogP contribution is -2.33. The highest BCUT2D eigenvalue weighted by Crippen LogP contribution is 2.27. The van der Waals surface area contributed by atoms with E-state index in [1.807, 2.05) is 0 Å². The number of benzene rings is 1. The summed E-state index contributed by atoms with van der Waals surface area (Å²) in [5.74, 6) is -0.0217. The van der Waals surface area contributed by atoms with E-state index in [4.69, 9.17) is 14.9 Å². The maximum Gasteiger partial charge on any atom is 0.340 e. The second-order valence-corrected chi connectivity index (χ2v) is 4.51. The molecule has 1 fully saturated rings. The Hall–Kier alpha value is -2.12. The summed E-state index contributed by atoms with van der Waals surface area (Å²) in [6.07, 6.45) is -0.223. The summed E-state index contributed by atoms with van der Waals surface area (Å²) in [6.45, 7) is 2.07. The Balaban J connectivity index is 2.00. The average Bonchev–Trinajstić information content (AvgIpc) is 2.89. The van der Waals surface area contributed by atoms with Crippen LogP contribution in [-0.4, -0.2) is 37.8 Å². The number of morpholine rings is 1. The molecule has 0 amide bonds. The molecule has 20 heavy (non-hydrogen) atoms. The molecule has 1 aliphatic heterocycles. The van der Waals surface area contributed by atoms with Crippen molar-refractivity contribution in [1.82, 2.24) is 10.3 Å². The molecule has 0 saturated carbocycles. The van der Waals surface area contributed by atoms with Crippen LogP contribution in [0, 0.1) is 0 Å². The predicted molar refractivity (Wildman–Crippen MR) is 71.3 cm³/mol. The van der Waals surface area contributed by atoms with E-state index in [2.05, 4.69) is 15.0 Å². The van der Waals surface area contributed by atoms with Gasteiger partial charge in [0.15, 0.2) is 5.58 Å². The Morgan fingerprint density at radius 1 is 1.55 bits per heavy atom. The van der Waals surface area contributed by atoms with Crippen molar-refractivity contribution in [3.8, 4) is 0 Å². The number of carbonyl (C=O) groups is 1. The molecule has 2 heterocycles. The van der Waals surface area contributed by atoms with E-state index in [9.17, 15) is 4.79 Å². The molecule has 0 spiro atoms. The lowest BCUT2D eigenvalue weighted by molar-refractivity contribution is 0.0118. The van der Waals surface area contributed by atoms with Crippen LogP contribution in [-0.2, 0) is 9.47 Å². The van der Waals surface area contributed by atoms with Crippen LogP contribution in [0.25, 0.3) is 11.1 Å². The first-order chi connectivity index (χ1) is 9.69. The van der Waals surface area contributed by atoms with Crippen LogP contribution in [0.3, 0.4) is 0 Å². The number of fused-ring (bicyclic) bond motifs is 1. The van der Waals surface area contributed by atoms with Crippen molar-refractivity contribution in [1.29, 1.82) is 0 Å². The van der Waals surface area contributed by atoms with Crippen LogP contribution < -0.4 is 11.1 Å². The summed E-state index contributed by atoms with van der Waals surface area (Å²) in [6, 6.07) is 3.15. The molecule has 1 aliphatic rings. The zero-order valence-corrected chi connectivity index (χ0v) is 11.0. The van der Waals surface area contributed by atoms with Crippen LogP contribution >= 0.6 is 0 Å². The number of nitrogens with two attached hydrogens (primary N) is 1. The van der Waals surface area contributed by atoms with Crippen molar-refractivity contribution < 1.29 is 18.7 Å². The molecular weight excluding hydrogens is 262 g/mol. The maximum absolute atomic E-state index is 11.6. The standard InChI is InChI=1S/C13H15N3O4/c1-18-13(17)7-4-10-9(5-8(7)14)16-12(20-10)11-6-15-2-3-19-11/h4-5,11,15H,2-3,6,14H2,1H3. The van der Waals surface area contributed by atoms with Crippen molar-refractivity contribution in [2.45, 2.75) is 6.10 Å². The Kier molecular flexibility index (Phi) is 3.29. The third kappa shape index (κ3) is 2.21. The van der Waals surface area contributed by atoms with Crippen LogP contribution in [0.1, 0.15) is 22.4 Å². The zero-order chi connectivity index (χ0) is 14.1. The molecule has 1 saturated heterocycles. The molecule has 1 aromatic carbocycles. The maximum atomic E-state index is 11.6. The van der Waals surface area contributed by atoms with E-state index in [1.165, 1.54) is 7.11 Å². The fraction of sp³-hybridized carbons (Fsp3) is 0.385. The van der Waals surface area contributed by atoms with E-state index in [0.717, 1.165) is 6.54 Å². The minimum absolute atomic E-state index is 0.223. The second kappa shape index (κ2) is 5.10. The van der Waals surface area contributed by atoms with Gasteiger partial charge < -0.3 is 24.9 Å². The number of hydrogen-bond donors (Lipinski definition) is 2. The van der Waals surface area contributed by atoms with Gasteiger partial charge in [-0.1, -0.05) is 0 Å². The zero-order valence-electron chi connectivity index (χ0n) is 11.0. The van der Waals surface area contributed by atoms with Gasteiger partial charge in [-0.25, -0.2) is 9.78 Å². The molecule has 7 heteroatoms. The van der Waals surface area contributed by atoms with Gasteiger partial charge in [-0.05, 0) is 12.1 Å². The number of nitrogens with zero attached hydrogens (tertiary/aromatic N) is 1. The van der Waals surface area contributed by atoms with Crippen molar-refractivity contribution in [2.75, 3.05) is 32.5 Å². The molecule has 0 bridgehead atoms. The van der Waals surface area contributed by atoms with Gasteiger partial charge in [0, 0.05) is 18.8 Å². The van der Waals surface area contributed by atoms with Gasteiger partial charge in [-0.2, -0.15) is 0 Å². The number of carbonyl (C=O) groups excluding carboxylic acids is 1. The van der Waals surface area contributed by atoms with E-state index in [1.54, 1.807) is 12.1 Å². The van der Waals surface area contributed by atoms with E-state index in [-0.39, 0.29) is 11.7 Å². The highest BCUT2D eigenvalue weighted by molar-refractivity contribution is 5.99. The van der Waals surface area contributed by atoms with E-state index < -0.39 is 5.97 Å². The molecule has 2 aromatic rings. The minimum atomic E-state index is -0.502. The Morgan fingerprint density at radius 3 is 3.10 bits per heavy atom. The number of hydrogen-bond acceptors (Lipinski definition) is 7. The van der Waals surface area contributed by atoms with Crippen LogP contribution in [0.4, 0.5) is 5.69 Å². The van der Waals surface area contributed by atoms with Crippen LogP contribution in [0.5, 0.6) is 0 Å². The molecule has 7 nitrogen and oxygen atoms in total. The molecule has 3 N–H and O–H groups in total. The van der Waals surface area contributed by atoms with Crippen molar-refractivity contribution >= 4 is 22.8 Å². The minimum Gasteiger partial charge on any atom is -0.465 e. The van der Waals surface area contributed by atoms with Crippen molar-refractivity contribution in [3.05, 3.63) is 23.6 Å². The number of oxazole rings is 1. The van der Waals surface area contributed by atoms with Gasteiger partial charge >= 0.3 is 5.97 Å². The summed E-state index contributed by atoms with van der Waals surface area (Å²) in [4.78, 5) is 15.9. The Labute approximate surface area is 115 Å². The number of esters is 1. The number of aromatic nitrogens is 1. The predicted octanol–water partition coefficient (Wildman–Crippen LogP) is 0.857. The number of nitrogens with one attached hydrogen (secondary N) is 1. The third-order valence-corrected chi connectivity index (χ3v) is 3.18. The van der Waals surface area contributed by atoms with E-state index in [0.29, 0.717) is 35.8 Å². The van der Waals surface area contributed by atoms with Crippen molar-refractivity contribution in [3.63, 3.8) is 0 Å². The lowest BCUT2D eigenvalue weighted by Gasteiger charge is -2.20. The van der Waals surface area contributed by atoms with Gasteiger partial charge in [-0.15, -0.1) is 0 Å². The summed E-state index contributed by atoms with van der Waals surface area (Å²) in [5.41, 5.74) is 7.49. The first kappa shape index (κ1) is 12.9. The monoisotopic (exact) mass is 277 g/mol. The van der Waals surface area contributed by atoms with Crippen molar-refractivity contribution in [2.24, 2.45) is 0 Å². The van der Waals surface area contributed by atoms with Gasteiger partial charge in [0.25, 0.3) is 0 Å². The molecule has 1 unspecified atom stereocenters. The topological polar surface area (TPSA) is 99.6 Å². The molecule has 1 atom stereocenters. The number of rotatable bonds is 2. The fourth-order valence-corrected chi connectivity index (χ4v) is 2.16. The quantitative estimate of drug-likeness (QED) is 0.620. The van der Waals surface area contributed by atoms with Gasteiger partial charge in [0.1, 0.15) is 11.6 Å². The SMILES string of the molecule is COC(=O)c1cc2oc(C3CNCCO3)nc2cc1N. The number of ether oxygens (including phenoxy) is 2. The first-order valence-electron chi connectivity index (χ1n) is 6.29. The van der Waals surface area contributed by atoms with Gasteiger partial charge in [0.2, 0.25) is 5.89 Å². The number of methoxy groups -OCH3 is 1. The molecule has 0 aliphatic carbocycles. The van der Waals surface area contributed by atoms with Crippen LogP contribution in [0.2, 0.25) is 0 Å². The highest BCUT2D eigenvalue weighted by atomic mass is 16.5. The molecular formula is C13H15N3O4. The Morgan fingerprint density at radius 2 is 2.40 bits per heavy atom. The van der Waals surface area contributed by atoms with Crippen LogP contribution in [0.15, 0.2) is 16.5 Å². The summed E-state index contributed by atoms with van der Waals surface area (Å²) < 4.78 is 15.9. The molecule has 1 aromatic heterocycles. The van der Waals surface area contributed by atoms with Gasteiger partial charge in [0.05, 0.1) is 19.3 Å². The summed E-state index contributed by atoms with van der Waals surface area (Å²) in [7, 11) is 1.30. The number of nitrogen functional groups attached to an aromatic ring is 1. The summed E-state index contributed by atoms with van der Waals surface area (Å²) >= 11 is 0. The normalized spacial score (nSPS) is 19.1. The smallest absolute Gasteiger partial charge is 0.340 e. The molecule has 0 radical (unpaired) electrons.